The fourth-order valence-corrected chi connectivity index (χ4v) is 1.56. The average Bonchev–Trinajstić information content (AvgIpc) is 2.29. The number of hydrogen-bond donors (Lipinski definition) is 3. The van der Waals surface area contributed by atoms with Gasteiger partial charge in [0.25, 0.3) is 0 Å². The van der Waals surface area contributed by atoms with Gasteiger partial charge in [-0.05, 0) is 46.6 Å². The first-order valence-corrected chi connectivity index (χ1v) is 7.16. The number of hydrogen-bond acceptors (Lipinski definition) is 4. The van der Waals surface area contributed by atoms with E-state index < -0.39 is 17.7 Å². The predicted molar refractivity (Wildman–Crippen MR) is 77.8 cm³/mol. The largest absolute Gasteiger partial charge is 0.481 e. The Morgan fingerprint density at radius 2 is 1.80 bits per heavy atom. The molecule has 0 fully saturated rings. The maximum atomic E-state index is 11.3. The Balaban J connectivity index is 3.50. The second kappa shape index (κ2) is 9.58. The van der Waals surface area contributed by atoms with E-state index in [9.17, 15) is 9.59 Å². The molecule has 20 heavy (non-hydrogen) atoms. The minimum atomic E-state index is -0.758. The van der Waals surface area contributed by atoms with Crippen molar-refractivity contribution in [3.63, 3.8) is 0 Å². The van der Waals surface area contributed by atoms with Crippen LogP contribution in [0.1, 0.15) is 47.0 Å². The molecular formula is C14H28N2O4. The van der Waals surface area contributed by atoms with Gasteiger partial charge in [-0.2, -0.15) is 0 Å². The third kappa shape index (κ3) is 10.6. The lowest BCUT2D eigenvalue weighted by Crippen LogP contribution is -2.33. The number of carboxylic acids is 1. The SMILES string of the molecule is CC[C@@H](CNCCCCNC(=O)OC(C)(C)C)C(=O)O. The van der Waals surface area contributed by atoms with Crippen LogP contribution in [0, 0.1) is 5.92 Å². The molecule has 0 aromatic carbocycles. The van der Waals surface area contributed by atoms with Gasteiger partial charge in [0.15, 0.2) is 0 Å². The van der Waals surface area contributed by atoms with Crippen LogP contribution in [0.4, 0.5) is 4.79 Å². The molecule has 0 bridgehead atoms. The highest BCUT2D eigenvalue weighted by Gasteiger charge is 2.15. The molecule has 6 heteroatoms. The van der Waals surface area contributed by atoms with Crippen LogP contribution in [-0.4, -0.2) is 42.4 Å². The maximum absolute atomic E-state index is 11.3. The molecule has 3 N–H and O–H groups in total. The highest BCUT2D eigenvalue weighted by atomic mass is 16.6. The summed E-state index contributed by atoms with van der Waals surface area (Å²) in [6.07, 6.45) is 1.94. The van der Waals surface area contributed by atoms with Gasteiger partial charge >= 0.3 is 12.1 Å². The van der Waals surface area contributed by atoms with Gasteiger partial charge in [0.05, 0.1) is 5.92 Å². The molecular weight excluding hydrogens is 260 g/mol. The third-order valence-electron chi connectivity index (χ3n) is 2.68. The van der Waals surface area contributed by atoms with Crippen molar-refractivity contribution in [1.29, 1.82) is 0 Å². The van der Waals surface area contributed by atoms with Gasteiger partial charge in [0.2, 0.25) is 0 Å². The van der Waals surface area contributed by atoms with Gasteiger partial charge in [-0.3, -0.25) is 4.79 Å². The zero-order valence-electron chi connectivity index (χ0n) is 13.0. The van der Waals surface area contributed by atoms with Crippen molar-refractivity contribution in [2.24, 2.45) is 5.92 Å². The van der Waals surface area contributed by atoms with E-state index in [0.717, 1.165) is 19.4 Å². The quantitative estimate of drug-likeness (QED) is 0.565. The van der Waals surface area contributed by atoms with E-state index in [1.165, 1.54) is 0 Å². The fourth-order valence-electron chi connectivity index (χ4n) is 1.56. The Morgan fingerprint density at radius 1 is 1.20 bits per heavy atom. The predicted octanol–water partition coefficient (Wildman–Crippen LogP) is 1.99. The maximum Gasteiger partial charge on any atom is 0.407 e. The summed E-state index contributed by atoms with van der Waals surface area (Å²) in [5, 5.41) is 14.7. The molecule has 0 spiro atoms. The van der Waals surface area contributed by atoms with Crippen molar-refractivity contribution in [3.05, 3.63) is 0 Å². The molecule has 0 aliphatic rings. The number of ether oxygens (including phenoxy) is 1. The molecule has 0 radical (unpaired) electrons. The minimum Gasteiger partial charge on any atom is -0.481 e. The molecule has 6 nitrogen and oxygen atoms in total. The van der Waals surface area contributed by atoms with E-state index in [4.69, 9.17) is 9.84 Å². The summed E-state index contributed by atoms with van der Waals surface area (Å²) in [4.78, 5) is 22.1. The normalized spacial score (nSPS) is 12.8. The molecule has 0 heterocycles. The Hall–Kier alpha value is -1.30. The summed E-state index contributed by atoms with van der Waals surface area (Å²) in [6.45, 7) is 9.14. The molecule has 0 aliphatic heterocycles. The summed E-state index contributed by atoms with van der Waals surface area (Å²) in [5.41, 5.74) is -0.475. The molecule has 0 saturated heterocycles. The van der Waals surface area contributed by atoms with Crippen molar-refractivity contribution in [2.75, 3.05) is 19.6 Å². The number of carboxylic acid groups (broad SMARTS) is 1. The van der Waals surface area contributed by atoms with Gasteiger partial charge in [0, 0.05) is 13.1 Å². The van der Waals surface area contributed by atoms with E-state index >= 15 is 0 Å². The van der Waals surface area contributed by atoms with E-state index in [2.05, 4.69) is 10.6 Å². The Bertz CT molecular complexity index is 300. The number of carbonyl (C=O) groups excluding carboxylic acids is 1. The lowest BCUT2D eigenvalue weighted by Gasteiger charge is -2.19. The van der Waals surface area contributed by atoms with Gasteiger partial charge in [-0.25, -0.2) is 4.79 Å². The average molecular weight is 288 g/mol. The van der Waals surface area contributed by atoms with E-state index in [0.29, 0.717) is 19.5 Å². The number of amides is 1. The van der Waals surface area contributed by atoms with Gasteiger partial charge in [0.1, 0.15) is 5.60 Å². The van der Waals surface area contributed by atoms with E-state index in [-0.39, 0.29) is 5.92 Å². The summed E-state index contributed by atoms with van der Waals surface area (Å²) in [6, 6.07) is 0. The standard InChI is InChI=1S/C14H28N2O4/c1-5-11(12(17)18)10-15-8-6-7-9-16-13(19)20-14(2,3)4/h11,15H,5-10H2,1-4H3,(H,16,19)(H,17,18)/t11-/m0/s1. The second-order valence-electron chi connectivity index (χ2n) is 5.78. The van der Waals surface area contributed by atoms with E-state index in [1.807, 2.05) is 27.7 Å². The van der Waals surface area contributed by atoms with Crippen molar-refractivity contribution in [3.8, 4) is 0 Å². The minimum absolute atomic E-state index is 0.324. The lowest BCUT2D eigenvalue weighted by molar-refractivity contribution is -0.141. The number of unbranched alkanes of at least 4 members (excludes halogenated alkanes) is 1. The molecule has 0 saturated carbocycles. The van der Waals surface area contributed by atoms with E-state index in [1.54, 1.807) is 0 Å². The number of nitrogens with one attached hydrogen (secondary N) is 2. The summed E-state index contributed by atoms with van der Waals surface area (Å²) in [7, 11) is 0. The van der Waals surface area contributed by atoms with Gasteiger partial charge in [-0.15, -0.1) is 0 Å². The smallest absolute Gasteiger partial charge is 0.407 e. The van der Waals surface area contributed by atoms with Crippen LogP contribution in [0.5, 0.6) is 0 Å². The lowest BCUT2D eigenvalue weighted by atomic mass is 10.1. The van der Waals surface area contributed by atoms with Crippen LogP contribution in [0.2, 0.25) is 0 Å². The molecule has 1 atom stereocenters. The number of alkyl carbamates (subject to hydrolysis) is 1. The van der Waals surface area contributed by atoms with Crippen molar-refractivity contribution < 1.29 is 19.4 Å². The highest BCUT2D eigenvalue weighted by Crippen LogP contribution is 2.06. The molecule has 0 aliphatic carbocycles. The van der Waals surface area contributed by atoms with Crippen LogP contribution in [0.15, 0.2) is 0 Å². The van der Waals surface area contributed by atoms with Crippen LogP contribution >= 0.6 is 0 Å². The molecule has 0 aromatic rings. The second-order valence-corrected chi connectivity index (χ2v) is 5.78. The van der Waals surface area contributed by atoms with Crippen molar-refractivity contribution in [1.82, 2.24) is 10.6 Å². The number of aliphatic carboxylic acids is 1. The first-order chi connectivity index (χ1) is 9.26. The monoisotopic (exact) mass is 288 g/mol. The van der Waals surface area contributed by atoms with Crippen molar-refractivity contribution in [2.45, 2.75) is 52.6 Å². The Labute approximate surface area is 121 Å². The Kier molecular flexibility index (Phi) is 8.96. The molecule has 0 aromatic heterocycles. The molecule has 0 unspecified atom stereocenters. The topological polar surface area (TPSA) is 87.7 Å². The Morgan fingerprint density at radius 3 is 2.30 bits per heavy atom. The molecule has 1 amide bonds. The molecule has 118 valence electrons. The van der Waals surface area contributed by atoms with Crippen LogP contribution in [0.3, 0.4) is 0 Å². The van der Waals surface area contributed by atoms with Crippen LogP contribution in [-0.2, 0) is 9.53 Å². The van der Waals surface area contributed by atoms with Crippen LogP contribution in [0.25, 0.3) is 0 Å². The van der Waals surface area contributed by atoms with Gasteiger partial charge < -0.3 is 20.5 Å². The molecule has 0 rings (SSSR count). The highest BCUT2D eigenvalue weighted by molar-refractivity contribution is 5.70. The fraction of sp³-hybridized carbons (Fsp3) is 0.857. The zero-order valence-corrected chi connectivity index (χ0v) is 13.0. The first kappa shape index (κ1) is 18.7. The number of carbonyl (C=O) groups is 2. The summed E-state index contributed by atoms with van der Waals surface area (Å²) >= 11 is 0. The third-order valence-corrected chi connectivity index (χ3v) is 2.68. The van der Waals surface area contributed by atoms with Gasteiger partial charge in [-0.1, -0.05) is 6.92 Å². The first-order valence-electron chi connectivity index (χ1n) is 7.16. The van der Waals surface area contributed by atoms with Crippen LogP contribution < -0.4 is 10.6 Å². The summed E-state index contributed by atoms with van der Waals surface area (Å²) in [5.74, 6) is -1.08. The summed E-state index contributed by atoms with van der Waals surface area (Å²) < 4.78 is 5.11. The van der Waals surface area contributed by atoms with Crippen molar-refractivity contribution >= 4 is 12.1 Å². The number of rotatable bonds is 9. The zero-order chi connectivity index (χ0) is 15.6.